The first kappa shape index (κ1) is 17.6. The van der Waals surface area contributed by atoms with Crippen LogP contribution < -0.4 is 10.1 Å². The molecule has 0 bridgehead atoms. The molecule has 5 nitrogen and oxygen atoms in total. The quantitative estimate of drug-likeness (QED) is 0.874. The van der Waals surface area contributed by atoms with Gasteiger partial charge in [-0.2, -0.15) is 0 Å². The minimum Gasteiger partial charge on any atom is -0.494 e. The summed E-state index contributed by atoms with van der Waals surface area (Å²) in [6.07, 6.45) is 1.50. The molecule has 1 unspecified atom stereocenters. The molecule has 1 aliphatic rings. The normalized spacial score (nSPS) is 16.9. The lowest BCUT2D eigenvalue weighted by Gasteiger charge is -2.36. The number of hydrogen-bond acceptors (Lipinski definition) is 4. The Labute approximate surface area is 139 Å². The maximum atomic E-state index is 12.2. The minimum absolute atomic E-state index is 0.0561. The van der Waals surface area contributed by atoms with E-state index < -0.39 is 0 Å². The molecule has 23 heavy (non-hydrogen) atoms. The fraction of sp³-hybridized carbons (Fsp3) is 0.611. The van der Waals surface area contributed by atoms with Gasteiger partial charge in [-0.3, -0.25) is 0 Å². The topological polar surface area (TPSA) is 50.8 Å². The van der Waals surface area contributed by atoms with E-state index in [1.54, 1.807) is 0 Å². The number of rotatable bonds is 6. The fourth-order valence-electron chi connectivity index (χ4n) is 3.27. The molecule has 128 valence electrons. The lowest BCUT2D eigenvalue weighted by Crippen LogP contribution is -2.40. The highest BCUT2D eigenvalue weighted by Gasteiger charge is 2.31. The average molecular weight is 320 g/mol. The molecule has 0 saturated heterocycles. The second-order valence-electron chi connectivity index (χ2n) is 5.69. The summed E-state index contributed by atoms with van der Waals surface area (Å²) in [6.45, 7) is 8.46. The molecule has 0 aliphatic carbocycles. The Bertz CT molecular complexity index is 545. The smallest absolute Gasteiger partial charge is 0.410 e. The van der Waals surface area contributed by atoms with Crippen LogP contribution in [0.1, 0.15) is 49.9 Å². The Balaban J connectivity index is 2.38. The number of nitrogens with zero attached hydrogens (tertiary/aromatic N) is 1. The Hall–Kier alpha value is -1.75. The molecule has 0 saturated carbocycles. The van der Waals surface area contributed by atoms with Gasteiger partial charge in [0.1, 0.15) is 5.75 Å². The Morgan fingerprint density at radius 1 is 1.30 bits per heavy atom. The Morgan fingerprint density at radius 3 is 2.70 bits per heavy atom. The van der Waals surface area contributed by atoms with Crippen molar-refractivity contribution in [2.75, 3.05) is 26.8 Å². The molecule has 1 aromatic carbocycles. The first-order valence-electron chi connectivity index (χ1n) is 8.52. The molecule has 5 heteroatoms. The van der Waals surface area contributed by atoms with E-state index in [-0.39, 0.29) is 12.1 Å². The summed E-state index contributed by atoms with van der Waals surface area (Å²) in [5, 5.41) is 3.19. The first-order valence-corrected chi connectivity index (χ1v) is 8.52. The predicted octanol–water partition coefficient (Wildman–Crippen LogP) is 3.27. The molecule has 1 heterocycles. The predicted molar refractivity (Wildman–Crippen MR) is 90.8 cm³/mol. The number of hydrogen-bond donors (Lipinski definition) is 1. The number of ether oxygens (including phenoxy) is 2. The highest BCUT2D eigenvalue weighted by Crippen LogP contribution is 2.36. The molecule has 1 aliphatic heterocycles. The van der Waals surface area contributed by atoms with Crippen molar-refractivity contribution in [3.63, 3.8) is 0 Å². The molecular formula is C18H28N2O3. The third kappa shape index (κ3) is 3.78. The molecule has 0 spiro atoms. The van der Waals surface area contributed by atoms with Gasteiger partial charge in [-0.25, -0.2) is 4.79 Å². The maximum Gasteiger partial charge on any atom is 0.410 e. The van der Waals surface area contributed by atoms with Crippen LogP contribution >= 0.6 is 0 Å². The van der Waals surface area contributed by atoms with Crippen LogP contribution in [0.4, 0.5) is 4.79 Å². The van der Waals surface area contributed by atoms with E-state index in [1.165, 1.54) is 16.7 Å². The SMILES string of the molecule is CCOC(=O)N1CCc2cc(CNC)c(OCC)cc2C1CC. The molecule has 0 radical (unpaired) electrons. The third-order valence-corrected chi connectivity index (χ3v) is 4.24. The maximum absolute atomic E-state index is 12.2. The third-order valence-electron chi connectivity index (χ3n) is 4.24. The largest absolute Gasteiger partial charge is 0.494 e. The van der Waals surface area contributed by atoms with Crippen molar-refractivity contribution in [2.45, 2.75) is 46.2 Å². The van der Waals surface area contributed by atoms with Crippen molar-refractivity contribution < 1.29 is 14.3 Å². The minimum atomic E-state index is -0.220. The second kappa shape index (κ2) is 8.20. The van der Waals surface area contributed by atoms with Crippen LogP contribution in [0.2, 0.25) is 0 Å². The zero-order valence-electron chi connectivity index (χ0n) is 14.6. The monoisotopic (exact) mass is 320 g/mol. The lowest BCUT2D eigenvalue weighted by molar-refractivity contribution is 0.0854. The van der Waals surface area contributed by atoms with E-state index in [4.69, 9.17) is 9.47 Å². The van der Waals surface area contributed by atoms with Crippen LogP contribution in [-0.2, 0) is 17.7 Å². The van der Waals surface area contributed by atoms with E-state index in [9.17, 15) is 4.79 Å². The zero-order valence-corrected chi connectivity index (χ0v) is 14.6. The highest BCUT2D eigenvalue weighted by atomic mass is 16.6. The van der Waals surface area contributed by atoms with Gasteiger partial charge < -0.3 is 19.7 Å². The average Bonchev–Trinajstić information content (AvgIpc) is 2.55. The molecule has 1 aromatic rings. The summed E-state index contributed by atoms with van der Waals surface area (Å²) < 4.78 is 11.0. The number of fused-ring (bicyclic) bond motifs is 1. The van der Waals surface area contributed by atoms with E-state index >= 15 is 0 Å². The number of carbonyl (C=O) groups excluding carboxylic acids is 1. The summed E-state index contributed by atoms with van der Waals surface area (Å²) in [6, 6.07) is 4.40. The van der Waals surface area contributed by atoms with Crippen molar-refractivity contribution in [2.24, 2.45) is 0 Å². The van der Waals surface area contributed by atoms with Gasteiger partial charge in [0, 0.05) is 18.7 Å². The summed E-state index contributed by atoms with van der Waals surface area (Å²) in [5.41, 5.74) is 3.67. The molecule has 0 aromatic heterocycles. The molecule has 2 rings (SSSR count). The van der Waals surface area contributed by atoms with Gasteiger partial charge in [0.2, 0.25) is 0 Å². The molecular weight excluding hydrogens is 292 g/mol. The Kier molecular flexibility index (Phi) is 6.28. The molecule has 1 amide bonds. The highest BCUT2D eigenvalue weighted by molar-refractivity contribution is 5.69. The standard InChI is InChI=1S/C18H28N2O3/c1-5-16-15-11-17(22-6-2)14(12-19-4)10-13(15)8-9-20(16)18(21)23-7-3/h10-11,16,19H,5-9,12H2,1-4H3. The molecule has 0 fully saturated rings. The van der Waals surface area contributed by atoms with Crippen LogP contribution in [-0.4, -0.2) is 37.8 Å². The van der Waals surface area contributed by atoms with Gasteiger partial charge >= 0.3 is 6.09 Å². The van der Waals surface area contributed by atoms with Crippen molar-refractivity contribution >= 4 is 6.09 Å². The van der Waals surface area contributed by atoms with E-state index in [0.717, 1.165) is 25.1 Å². The summed E-state index contributed by atoms with van der Waals surface area (Å²) >= 11 is 0. The summed E-state index contributed by atoms with van der Waals surface area (Å²) in [5.74, 6) is 0.907. The van der Waals surface area contributed by atoms with Crippen molar-refractivity contribution in [3.05, 3.63) is 28.8 Å². The van der Waals surface area contributed by atoms with Gasteiger partial charge in [-0.05, 0) is 50.9 Å². The molecule has 1 N–H and O–H groups in total. The number of carbonyl (C=O) groups is 1. The summed E-state index contributed by atoms with van der Waals surface area (Å²) in [4.78, 5) is 14.1. The zero-order chi connectivity index (χ0) is 16.8. The second-order valence-corrected chi connectivity index (χ2v) is 5.69. The van der Waals surface area contributed by atoms with Gasteiger partial charge in [0.15, 0.2) is 0 Å². The van der Waals surface area contributed by atoms with Crippen molar-refractivity contribution in [1.82, 2.24) is 10.2 Å². The van der Waals surface area contributed by atoms with Crippen LogP contribution in [0.5, 0.6) is 5.75 Å². The number of nitrogens with one attached hydrogen (secondary N) is 1. The molecule has 1 atom stereocenters. The first-order chi connectivity index (χ1) is 11.2. The summed E-state index contributed by atoms with van der Waals surface area (Å²) in [7, 11) is 1.94. The van der Waals surface area contributed by atoms with E-state index in [0.29, 0.717) is 19.8 Å². The van der Waals surface area contributed by atoms with Gasteiger partial charge in [-0.1, -0.05) is 13.0 Å². The van der Waals surface area contributed by atoms with Crippen LogP contribution in [0.25, 0.3) is 0 Å². The van der Waals surface area contributed by atoms with E-state index in [2.05, 4.69) is 24.4 Å². The Morgan fingerprint density at radius 2 is 2.09 bits per heavy atom. The van der Waals surface area contributed by atoms with Gasteiger partial charge in [0.25, 0.3) is 0 Å². The van der Waals surface area contributed by atoms with Crippen LogP contribution in [0, 0.1) is 0 Å². The van der Waals surface area contributed by atoms with Crippen molar-refractivity contribution in [3.8, 4) is 5.75 Å². The number of benzene rings is 1. The van der Waals surface area contributed by atoms with Gasteiger partial charge in [-0.15, -0.1) is 0 Å². The van der Waals surface area contributed by atoms with Gasteiger partial charge in [0.05, 0.1) is 19.3 Å². The number of amides is 1. The fourth-order valence-corrected chi connectivity index (χ4v) is 3.27. The lowest BCUT2D eigenvalue weighted by atomic mass is 9.89. The van der Waals surface area contributed by atoms with Crippen molar-refractivity contribution in [1.29, 1.82) is 0 Å². The van der Waals surface area contributed by atoms with Crippen LogP contribution in [0.3, 0.4) is 0 Å². The van der Waals surface area contributed by atoms with Crippen LogP contribution in [0.15, 0.2) is 12.1 Å². The van der Waals surface area contributed by atoms with E-state index in [1.807, 2.05) is 25.8 Å².